The van der Waals surface area contributed by atoms with Gasteiger partial charge < -0.3 is 22.9 Å². The fraction of sp³-hybridized carbons (Fsp3) is 0.174. The first-order chi connectivity index (χ1) is 15.1. The highest BCUT2D eigenvalue weighted by Crippen LogP contribution is 2.27. The molecule has 0 saturated carbocycles. The Morgan fingerprint density at radius 1 is 0.935 bits per heavy atom. The van der Waals surface area contributed by atoms with Gasteiger partial charge in [-0.25, -0.2) is 9.59 Å². The summed E-state index contributed by atoms with van der Waals surface area (Å²) in [6.07, 6.45) is 1.63. The van der Waals surface area contributed by atoms with E-state index in [9.17, 15) is 14.4 Å². The van der Waals surface area contributed by atoms with Crippen LogP contribution in [0.5, 0.6) is 0 Å². The molecule has 0 spiro atoms. The van der Waals surface area contributed by atoms with Gasteiger partial charge in [-0.05, 0) is 31.2 Å². The summed E-state index contributed by atoms with van der Waals surface area (Å²) in [4.78, 5) is 36.6. The van der Waals surface area contributed by atoms with Crippen LogP contribution in [0.3, 0.4) is 0 Å². The van der Waals surface area contributed by atoms with E-state index in [1.54, 1.807) is 55.6 Å². The molecule has 8 nitrogen and oxygen atoms in total. The van der Waals surface area contributed by atoms with Gasteiger partial charge in [0.05, 0.1) is 18.7 Å². The van der Waals surface area contributed by atoms with Crippen molar-refractivity contribution in [2.75, 3.05) is 6.61 Å². The van der Waals surface area contributed by atoms with E-state index in [4.69, 9.17) is 18.3 Å². The number of aromatic nitrogens is 1. The van der Waals surface area contributed by atoms with Gasteiger partial charge >= 0.3 is 11.9 Å². The van der Waals surface area contributed by atoms with Gasteiger partial charge in [-0.2, -0.15) is 0 Å². The molecule has 0 fully saturated rings. The minimum Gasteiger partial charge on any atom is -0.460 e. The van der Waals surface area contributed by atoms with E-state index in [2.05, 4.69) is 0 Å². The van der Waals surface area contributed by atoms with E-state index in [-0.39, 0.29) is 36.8 Å². The van der Waals surface area contributed by atoms with Gasteiger partial charge in [-0.3, -0.25) is 4.79 Å². The molecule has 0 atom stereocenters. The Morgan fingerprint density at radius 2 is 1.74 bits per heavy atom. The van der Waals surface area contributed by atoms with Gasteiger partial charge in [0.15, 0.2) is 0 Å². The van der Waals surface area contributed by atoms with Crippen molar-refractivity contribution in [1.29, 1.82) is 0 Å². The first-order valence-corrected chi connectivity index (χ1v) is 9.65. The Labute approximate surface area is 176 Å². The van der Waals surface area contributed by atoms with Crippen molar-refractivity contribution < 1.29 is 27.9 Å². The van der Waals surface area contributed by atoms with Crippen molar-refractivity contribution >= 4 is 22.9 Å². The van der Waals surface area contributed by atoms with Gasteiger partial charge in [0.25, 0.3) is 5.56 Å². The number of nitrogens with zero attached hydrogens (tertiary/aromatic N) is 1. The molecule has 4 rings (SSSR count). The number of pyridine rings is 1. The smallest absolute Gasteiger partial charge is 0.374 e. The number of esters is 2. The number of ether oxygens (including phenoxy) is 2. The molecule has 8 heteroatoms. The molecule has 0 aliphatic heterocycles. The van der Waals surface area contributed by atoms with Crippen LogP contribution in [-0.2, 0) is 22.6 Å². The lowest BCUT2D eigenvalue weighted by atomic mass is 10.1. The van der Waals surface area contributed by atoms with E-state index in [1.807, 2.05) is 0 Å². The summed E-state index contributed by atoms with van der Waals surface area (Å²) in [7, 11) is 0. The summed E-state index contributed by atoms with van der Waals surface area (Å²) in [6, 6.07) is 15.0. The van der Waals surface area contributed by atoms with Crippen molar-refractivity contribution in [3.8, 4) is 0 Å². The first-order valence-electron chi connectivity index (χ1n) is 9.65. The Balaban J connectivity index is 1.50. The number of hydrogen-bond donors (Lipinski definition) is 0. The van der Waals surface area contributed by atoms with Crippen molar-refractivity contribution in [2.24, 2.45) is 0 Å². The number of carbonyl (C=O) groups is 2. The van der Waals surface area contributed by atoms with Crippen molar-refractivity contribution in [2.45, 2.75) is 20.1 Å². The molecule has 0 aliphatic rings. The first kappa shape index (κ1) is 20.2. The maximum atomic E-state index is 12.5. The summed E-state index contributed by atoms with van der Waals surface area (Å²) in [5.74, 6) is -0.907. The summed E-state index contributed by atoms with van der Waals surface area (Å²) in [5, 5.41) is 0.655. The molecule has 0 unspecified atom stereocenters. The van der Waals surface area contributed by atoms with E-state index in [0.29, 0.717) is 22.3 Å². The summed E-state index contributed by atoms with van der Waals surface area (Å²) in [5.41, 5.74) is 0.733. The molecule has 0 aliphatic carbocycles. The molecule has 3 aromatic heterocycles. The van der Waals surface area contributed by atoms with Crippen LogP contribution < -0.4 is 5.56 Å². The number of para-hydroxylation sites is 1. The van der Waals surface area contributed by atoms with E-state index < -0.39 is 11.9 Å². The summed E-state index contributed by atoms with van der Waals surface area (Å²) < 4.78 is 23.0. The second-order valence-corrected chi connectivity index (χ2v) is 6.64. The second kappa shape index (κ2) is 8.74. The normalized spacial score (nSPS) is 10.9. The highest BCUT2D eigenvalue weighted by Gasteiger charge is 2.23. The van der Waals surface area contributed by atoms with Crippen LogP contribution in [-0.4, -0.2) is 23.1 Å². The number of hydrogen-bond acceptors (Lipinski definition) is 7. The Hall–Kier alpha value is -4.07. The molecule has 0 saturated heterocycles. The van der Waals surface area contributed by atoms with Crippen molar-refractivity contribution in [3.63, 3.8) is 0 Å². The summed E-state index contributed by atoms with van der Waals surface area (Å²) >= 11 is 0. The SMILES string of the molecule is CCOC(=O)c1oc2ccccc2c1COC(=O)c1ccc(Cn2ccccc2=O)o1. The zero-order valence-electron chi connectivity index (χ0n) is 16.7. The zero-order valence-corrected chi connectivity index (χ0v) is 16.7. The predicted molar refractivity (Wildman–Crippen MR) is 110 cm³/mol. The average Bonchev–Trinajstić information content (AvgIpc) is 3.39. The highest BCUT2D eigenvalue weighted by molar-refractivity contribution is 5.96. The van der Waals surface area contributed by atoms with Crippen LogP contribution >= 0.6 is 0 Å². The van der Waals surface area contributed by atoms with Crippen LogP contribution in [0, 0.1) is 0 Å². The predicted octanol–water partition coefficient (Wildman–Crippen LogP) is 3.77. The molecule has 3 heterocycles. The number of rotatable bonds is 7. The topological polar surface area (TPSA) is 101 Å². The van der Waals surface area contributed by atoms with Crippen LogP contribution in [0.25, 0.3) is 11.0 Å². The second-order valence-electron chi connectivity index (χ2n) is 6.64. The van der Waals surface area contributed by atoms with Crippen LogP contribution in [0.15, 0.2) is 74.4 Å². The van der Waals surface area contributed by atoms with Crippen molar-refractivity contribution in [1.82, 2.24) is 4.57 Å². The fourth-order valence-electron chi connectivity index (χ4n) is 3.14. The van der Waals surface area contributed by atoms with Gasteiger partial charge in [-0.1, -0.05) is 24.3 Å². The minimum atomic E-state index is -0.702. The average molecular weight is 421 g/mol. The lowest BCUT2D eigenvalue weighted by Gasteiger charge is -2.05. The van der Waals surface area contributed by atoms with E-state index in [0.717, 1.165) is 0 Å². The molecule has 4 aromatic rings. The molecule has 0 amide bonds. The van der Waals surface area contributed by atoms with Crippen LogP contribution in [0.2, 0.25) is 0 Å². The van der Waals surface area contributed by atoms with E-state index >= 15 is 0 Å². The molecular formula is C23H19NO7. The molecular weight excluding hydrogens is 402 g/mol. The Bertz CT molecular complexity index is 1290. The lowest BCUT2D eigenvalue weighted by Crippen LogP contribution is -2.17. The Kier molecular flexibility index (Phi) is 5.70. The number of benzene rings is 1. The quantitative estimate of drug-likeness (QED) is 0.419. The third kappa shape index (κ3) is 4.28. The maximum absolute atomic E-state index is 12.5. The number of fused-ring (bicyclic) bond motifs is 1. The molecule has 1 aromatic carbocycles. The van der Waals surface area contributed by atoms with Gasteiger partial charge in [0, 0.05) is 17.6 Å². The van der Waals surface area contributed by atoms with Crippen molar-refractivity contribution in [3.05, 3.63) is 94.0 Å². The lowest BCUT2D eigenvalue weighted by molar-refractivity contribution is 0.0409. The minimum absolute atomic E-state index is 0.000522. The molecule has 31 heavy (non-hydrogen) atoms. The summed E-state index contributed by atoms with van der Waals surface area (Å²) in [6.45, 7) is 1.87. The standard InChI is InChI=1S/C23H19NO7/c1-2-28-23(27)21-17(16-7-3-4-8-18(16)31-21)14-29-22(26)19-11-10-15(30-19)13-24-12-6-5-9-20(24)25/h3-12H,2,13-14H2,1H3. The van der Waals surface area contributed by atoms with Gasteiger partial charge in [0.1, 0.15) is 18.0 Å². The maximum Gasteiger partial charge on any atom is 0.374 e. The number of furan rings is 2. The monoisotopic (exact) mass is 421 g/mol. The van der Waals surface area contributed by atoms with Gasteiger partial charge in [-0.15, -0.1) is 0 Å². The fourth-order valence-corrected chi connectivity index (χ4v) is 3.14. The molecule has 158 valence electrons. The number of carbonyl (C=O) groups excluding carboxylic acids is 2. The highest BCUT2D eigenvalue weighted by atomic mass is 16.6. The molecule has 0 bridgehead atoms. The van der Waals surface area contributed by atoms with E-state index in [1.165, 1.54) is 16.7 Å². The van der Waals surface area contributed by atoms with Crippen LogP contribution in [0.4, 0.5) is 0 Å². The third-order valence-corrected chi connectivity index (χ3v) is 4.59. The third-order valence-electron chi connectivity index (χ3n) is 4.59. The zero-order chi connectivity index (χ0) is 21.8. The Morgan fingerprint density at radius 3 is 2.55 bits per heavy atom. The molecule has 0 N–H and O–H groups in total. The largest absolute Gasteiger partial charge is 0.460 e. The molecule has 0 radical (unpaired) electrons. The van der Waals surface area contributed by atoms with Gasteiger partial charge in [0.2, 0.25) is 11.5 Å². The van der Waals surface area contributed by atoms with Crippen LogP contribution in [0.1, 0.15) is 39.4 Å².